The number of aromatic nitrogens is 2. The minimum absolute atomic E-state index is 0.154. The fourth-order valence-electron chi connectivity index (χ4n) is 3.14. The van der Waals surface area contributed by atoms with Crippen LogP contribution in [0.15, 0.2) is 42.7 Å². The molecule has 1 saturated carbocycles. The number of amides is 2. The molecule has 0 aliphatic heterocycles. The van der Waals surface area contributed by atoms with Gasteiger partial charge in [-0.05, 0) is 61.6 Å². The molecule has 1 aliphatic rings. The zero-order chi connectivity index (χ0) is 23.2. The third-order valence-corrected chi connectivity index (χ3v) is 6.08. The zero-order valence-electron chi connectivity index (χ0n) is 17.9. The Labute approximate surface area is 194 Å². The van der Waals surface area contributed by atoms with Crippen molar-refractivity contribution in [2.75, 3.05) is 18.4 Å². The van der Waals surface area contributed by atoms with Gasteiger partial charge in [0.1, 0.15) is 11.6 Å². The highest BCUT2D eigenvalue weighted by Gasteiger charge is 2.24. The molecule has 10 heteroatoms. The number of anilines is 2. The predicted molar refractivity (Wildman–Crippen MR) is 125 cm³/mol. The number of nitrogens with zero attached hydrogens (tertiary/aromatic N) is 2. The van der Waals surface area contributed by atoms with Crippen LogP contribution in [-0.2, 0) is 12.8 Å². The van der Waals surface area contributed by atoms with E-state index in [2.05, 4.69) is 25.9 Å². The average molecular weight is 469 g/mol. The Morgan fingerprint density at radius 1 is 1.06 bits per heavy atom. The van der Waals surface area contributed by atoms with Gasteiger partial charge in [0, 0.05) is 42.0 Å². The fraction of sp³-hybridized carbons (Fsp3) is 0.304. The molecular formula is C23H25FN6O2S. The van der Waals surface area contributed by atoms with Gasteiger partial charge < -0.3 is 21.7 Å². The van der Waals surface area contributed by atoms with Gasteiger partial charge in [-0.1, -0.05) is 0 Å². The second-order valence-electron chi connectivity index (χ2n) is 7.79. The summed E-state index contributed by atoms with van der Waals surface area (Å²) >= 11 is 1.44. The Morgan fingerprint density at radius 3 is 2.61 bits per heavy atom. The van der Waals surface area contributed by atoms with Crippen molar-refractivity contribution in [2.45, 2.75) is 31.7 Å². The van der Waals surface area contributed by atoms with E-state index in [0.717, 1.165) is 17.7 Å². The summed E-state index contributed by atoms with van der Waals surface area (Å²) in [6.45, 7) is 0.779. The van der Waals surface area contributed by atoms with Gasteiger partial charge in [0.2, 0.25) is 0 Å². The summed E-state index contributed by atoms with van der Waals surface area (Å²) < 4.78 is 14.3. The third kappa shape index (κ3) is 6.33. The van der Waals surface area contributed by atoms with Crippen LogP contribution in [0.5, 0.6) is 0 Å². The van der Waals surface area contributed by atoms with Crippen molar-refractivity contribution in [1.29, 1.82) is 0 Å². The van der Waals surface area contributed by atoms with Crippen molar-refractivity contribution in [2.24, 2.45) is 5.73 Å². The summed E-state index contributed by atoms with van der Waals surface area (Å²) in [6, 6.07) is 8.13. The molecule has 2 heterocycles. The minimum Gasteiger partial charge on any atom is -0.351 e. The summed E-state index contributed by atoms with van der Waals surface area (Å²) in [7, 11) is 0. The lowest BCUT2D eigenvalue weighted by Crippen LogP contribution is -2.29. The number of halogens is 1. The van der Waals surface area contributed by atoms with Crippen LogP contribution in [0.2, 0.25) is 0 Å². The number of thiazole rings is 1. The summed E-state index contributed by atoms with van der Waals surface area (Å²) in [6.07, 6.45) is 6.29. The molecule has 4 rings (SSSR count). The standard InChI is InChI=1S/C23H25FN6O2S/c24-19-7-2-15(22(32)29-17-4-5-17)11-14(19)1-6-18-13-28-23(33-18)30-20-8-3-16(12-27-20)21(31)26-10-9-25/h2-3,7-8,11-13,17H,1,4-6,9-10,25H2,(H,26,31)(H,29,32)(H,27,28,30). The number of aryl methyl sites for hydroxylation is 2. The molecule has 5 N–H and O–H groups in total. The van der Waals surface area contributed by atoms with Crippen molar-refractivity contribution in [3.63, 3.8) is 0 Å². The number of hydrogen-bond donors (Lipinski definition) is 4. The van der Waals surface area contributed by atoms with E-state index >= 15 is 0 Å². The SMILES string of the molecule is NCCNC(=O)c1ccc(Nc2ncc(CCc3cc(C(=O)NC4CC4)ccc3F)s2)nc1. The number of benzene rings is 1. The molecule has 0 atom stereocenters. The highest BCUT2D eigenvalue weighted by Crippen LogP contribution is 2.24. The largest absolute Gasteiger partial charge is 0.351 e. The van der Waals surface area contributed by atoms with Crippen molar-refractivity contribution < 1.29 is 14.0 Å². The summed E-state index contributed by atoms with van der Waals surface area (Å²) in [5, 5.41) is 9.37. The Kier molecular flexibility index (Phi) is 7.26. The second-order valence-corrected chi connectivity index (χ2v) is 8.90. The smallest absolute Gasteiger partial charge is 0.252 e. The number of hydrogen-bond acceptors (Lipinski definition) is 7. The van der Waals surface area contributed by atoms with Gasteiger partial charge in [-0.3, -0.25) is 9.59 Å². The van der Waals surface area contributed by atoms with Crippen LogP contribution in [-0.4, -0.2) is 40.9 Å². The maximum atomic E-state index is 14.3. The molecule has 0 saturated heterocycles. The van der Waals surface area contributed by atoms with Crippen LogP contribution in [0.4, 0.5) is 15.3 Å². The first-order valence-corrected chi connectivity index (χ1v) is 11.6. The van der Waals surface area contributed by atoms with Gasteiger partial charge >= 0.3 is 0 Å². The van der Waals surface area contributed by atoms with E-state index in [0.29, 0.717) is 53.6 Å². The van der Waals surface area contributed by atoms with Crippen LogP contribution in [0.3, 0.4) is 0 Å². The molecule has 0 radical (unpaired) electrons. The van der Waals surface area contributed by atoms with E-state index < -0.39 is 0 Å². The summed E-state index contributed by atoms with van der Waals surface area (Å²) in [5.41, 5.74) is 6.82. The number of nitrogens with one attached hydrogen (secondary N) is 3. The van der Waals surface area contributed by atoms with Crippen molar-refractivity contribution in [3.8, 4) is 0 Å². The normalized spacial score (nSPS) is 12.9. The van der Waals surface area contributed by atoms with E-state index in [4.69, 9.17) is 5.73 Å². The molecular weight excluding hydrogens is 443 g/mol. The van der Waals surface area contributed by atoms with Gasteiger partial charge in [0.05, 0.1) is 5.56 Å². The molecule has 33 heavy (non-hydrogen) atoms. The van der Waals surface area contributed by atoms with E-state index in [1.165, 1.54) is 29.7 Å². The first-order chi connectivity index (χ1) is 16.0. The fourth-order valence-corrected chi connectivity index (χ4v) is 3.96. The highest BCUT2D eigenvalue weighted by molar-refractivity contribution is 7.15. The molecule has 1 aromatic carbocycles. The van der Waals surface area contributed by atoms with E-state index in [1.54, 1.807) is 24.4 Å². The number of nitrogens with two attached hydrogens (primary N) is 1. The van der Waals surface area contributed by atoms with Crippen molar-refractivity contribution in [3.05, 3.63) is 70.1 Å². The van der Waals surface area contributed by atoms with Crippen molar-refractivity contribution >= 4 is 34.1 Å². The van der Waals surface area contributed by atoms with Gasteiger partial charge in [0.15, 0.2) is 5.13 Å². The molecule has 0 bridgehead atoms. The van der Waals surface area contributed by atoms with E-state index in [9.17, 15) is 14.0 Å². The average Bonchev–Trinajstić information content (AvgIpc) is 3.53. The van der Waals surface area contributed by atoms with Crippen molar-refractivity contribution in [1.82, 2.24) is 20.6 Å². The lowest BCUT2D eigenvalue weighted by atomic mass is 10.0. The second kappa shape index (κ2) is 10.5. The van der Waals surface area contributed by atoms with Crippen LogP contribution in [0.25, 0.3) is 0 Å². The van der Waals surface area contributed by atoms with Gasteiger partial charge in [-0.15, -0.1) is 11.3 Å². The molecule has 0 unspecified atom stereocenters. The Balaban J connectivity index is 1.32. The van der Waals surface area contributed by atoms with Crippen LogP contribution < -0.4 is 21.7 Å². The third-order valence-electron chi connectivity index (χ3n) is 5.11. The Hall–Kier alpha value is -3.37. The van der Waals surface area contributed by atoms with Crippen LogP contribution >= 0.6 is 11.3 Å². The Bertz CT molecular complexity index is 1130. The topological polar surface area (TPSA) is 122 Å². The van der Waals surface area contributed by atoms with E-state index in [1.807, 2.05) is 0 Å². The van der Waals surface area contributed by atoms with Gasteiger partial charge in [-0.25, -0.2) is 14.4 Å². The first-order valence-electron chi connectivity index (χ1n) is 10.8. The number of rotatable bonds is 10. The maximum absolute atomic E-state index is 14.3. The van der Waals surface area contributed by atoms with E-state index in [-0.39, 0.29) is 23.7 Å². The molecule has 1 aliphatic carbocycles. The highest BCUT2D eigenvalue weighted by atomic mass is 32.1. The monoisotopic (exact) mass is 468 g/mol. The van der Waals surface area contributed by atoms with Crippen LogP contribution in [0, 0.1) is 5.82 Å². The van der Waals surface area contributed by atoms with Gasteiger partial charge in [0.25, 0.3) is 11.8 Å². The molecule has 0 spiro atoms. The summed E-state index contributed by atoms with van der Waals surface area (Å²) in [4.78, 5) is 33.7. The number of carbonyl (C=O) groups is 2. The number of pyridine rings is 1. The lowest BCUT2D eigenvalue weighted by molar-refractivity contribution is 0.0944. The predicted octanol–water partition coefficient (Wildman–Crippen LogP) is 2.79. The maximum Gasteiger partial charge on any atom is 0.252 e. The molecule has 3 aromatic rings. The zero-order valence-corrected chi connectivity index (χ0v) is 18.8. The summed E-state index contributed by atoms with van der Waals surface area (Å²) in [5.74, 6) is -0.136. The van der Waals surface area contributed by atoms with Gasteiger partial charge in [-0.2, -0.15) is 0 Å². The van der Waals surface area contributed by atoms with Crippen LogP contribution in [0.1, 0.15) is 44.0 Å². The number of carbonyl (C=O) groups excluding carboxylic acids is 2. The Morgan fingerprint density at radius 2 is 1.88 bits per heavy atom. The first kappa shape index (κ1) is 22.8. The molecule has 8 nitrogen and oxygen atoms in total. The molecule has 172 valence electrons. The lowest BCUT2D eigenvalue weighted by Gasteiger charge is -2.07. The molecule has 2 amide bonds. The quantitative estimate of drug-likeness (QED) is 0.363. The molecule has 2 aromatic heterocycles. The minimum atomic E-state index is -0.319. The molecule has 1 fully saturated rings.